The van der Waals surface area contributed by atoms with Crippen molar-refractivity contribution in [3.05, 3.63) is 54.5 Å². The van der Waals surface area contributed by atoms with Gasteiger partial charge in [-0.2, -0.15) is 0 Å². The van der Waals surface area contributed by atoms with E-state index < -0.39 is 0 Å². The fourth-order valence-corrected chi connectivity index (χ4v) is 1.78. The van der Waals surface area contributed by atoms with Gasteiger partial charge in [-0.3, -0.25) is 9.20 Å². The summed E-state index contributed by atoms with van der Waals surface area (Å²) in [5.74, 6) is -0.207. The zero-order chi connectivity index (χ0) is 13.2. The van der Waals surface area contributed by atoms with Gasteiger partial charge in [-0.05, 0) is 30.3 Å². The van der Waals surface area contributed by atoms with Crippen molar-refractivity contribution in [3.63, 3.8) is 0 Å². The molecule has 0 aliphatic carbocycles. The number of nitrogens with one attached hydrogen (secondary N) is 1. The Morgan fingerprint density at radius 3 is 3.00 bits per heavy atom. The highest BCUT2D eigenvalue weighted by Gasteiger charge is 2.07. The molecule has 0 radical (unpaired) electrons. The minimum absolute atomic E-state index is 0.207. The summed E-state index contributed by atoms with van der Waals surface area (Å²) in [6.07, 6.45) is 3.23. The molecule has 0 saturated carbocycles. The van der Waals surface area contributed by atoms with E-state index in [0.29, 0.717) is 22.6 Å². The average molecular weight is 253 g/mol. The van der Waals surface area contributed by atoms with Crippen LogP contribution >= 0.6 is 0 Å². The number of carbonyl (C=O) groups excluding carboxylic acids is 1. The highest BCUT2D eigenvalue weighted by Crippen LogP contribution is 2.13. The molecule has 2 aromatic heterocycles. The summed E-state index contributed by atoms with van der Waals surface area (Å²) in [6, 6.07) is 10.5. The standard InChI is InChI=1S/C13H11N5O/c14-10-2-1-3-11(6-10)16-13(19)9-4-5-12-17-15-8-18(12)7-9/h1-8H,14H2,(H,16,19). The van der Waals surface area contributed by atoms with E-state index in [1.807, 2.05) is 0 Å². The zero-order valence-corrected chi connectivity index (χ0v) is 9.95. The van der Waals surface area contributed by atoms with Gasteiger partial charge in [0, 0.05) is 17.6 Å². The lowest BCUT2D eigenvalue weighted by Gasteiger charge is -2.06. The summed E-state index contributed by atoms with van der Waals surface area (Å²) in [6.45, 7) is 0. The summed E-state index contributed by atoms with van der Waals surface area (Å²) in [7, 11) is 0. The first-order valence-corrected chi connectivity index (χ1v) is 5.69. The van der Waals surface area contributed by atoms with Crippen molar-refractivity contribution in [2.75, 3.05) is 11.1 Å². The number of benzene rings is 1. The maximum Gasteiger partial charge on any atom is 0.257 e. The van der Waals surface area contributed by atoms with Crippen LogP contribution < -0.4 is 11.1 Å². The molecule has 2 heterocycles. The van der Waals surface area contributed by atoms with Gasteiger partial charge in [0.2, 0.25) is 0 Å². The summed E-state index contributed by atoms with van der Waals surface area (Å²) in [5.41, 5.74) is 8.14. The molecule has 0 fully saturated rings. The van der Waals surface area contributed by atoms with Crippen LogP contribution in [0.15, 0.2) is 48.9 Å². The third-order valence-electron chi connectivity index (χ3n) is 2.70. The minimum Gasteiger partial charge on any atom is -0.399 e. The molecular formula is C13H11N5O. The fraction of sp³-hybridized carbons (Fsp3) is 0. The van der Waals surface area contributed by atoms with Crippen molar-refractivity contribution in [2.45, 2.75) is 0 Å². The number of nitrogen functional groups attached to an aromatic ring is 1. The predicted molar refractivity (Wildman–Crippen MR) is 71.8 cm³/mol. The number of fused-ring (bicyclic) bond motifs is 1. The first-order chi connectivity index (χ1) is 9.22. The molecule has 3 N–H and O–H groups in total. The smallest absolute Gasteiger partial charge is 0.257 e. The Bertz CT molecular complexity index is 749. The van der Waals surface area contributed by atoms with Crippen molar-refractivity contribution in [3.8, 4) is 0 Å². The van der Waals surface area contributed by atoms with E-state index in [1.165, 1.54) is 0 Å². The molecule has 0 aliphatic heterocycles. The first kappa shape index (κ1) is 11.2. The number of nitrogens with zero attached hydrogens (tertiary/aromatic N) is 3. The van der Waals surface area contributed by atoms with E-state index in [1.54, 1.807) is 53.3 Å². The Labute approximate surface area is 108 Å². The van der Waals surface area contributed by atoms with Crippen molar-refractivity contribution >= 4 is 22.9 Å². The van der Waals surface area contributed by atoms with Crippen LogP contribution in [0.1, 0.15) is 10.4 Å². The van der Waals surface area contributed by atoms with Gasteiger partial charge < -0.3 is 11.1 Å². The van der Waals surface area contributed by atoms with Gasteiger partial charge >= 0.3 is 0 Å². The molecule has 6 heteroatoms. The third kappa shape index (κ3) is 2.23. The largest absolute Gasteiger partial charge is 0.399 e. The topological polar surface area (TPSA) is 85.3 Å². The normalized spacial score (nSPS) is 10.5. The van der Waals surface area contributed by atoms with Gasteiger partial charge in [0.25, 0.3) is 5.91 Å². The zero-order valence-electron chi connectivity index (χ0n) is 9.95. The summed E-state index contributed by atoms with van der Waals surface area (Å²) in [5, 5.41) is 10.4. The highest BCUT2D eigenvalue weighted by atomic mass is 16.1. The number of rotatable bonds is 2. The van der Waals surface area contributed by atoms with Gasteiger partial charge in [-0.25, -0.2) is 0 Å². The van der Waals surface area contributed by atoms with Gasteiger partial charge in [0.15, 0.2) is 5.65 Å². The Hall–Kier alpha value is -2.89. The van der Waals surface area contributed by atoms with Crippen LogP contribution in [0.25, 0.3) is 5.65 Å². The molecule has 0 atom stereocenters. The molecule has 19 heavy (non-hydrogen) atoms. The summed E-state index contributed by atoms with van der Waals surface area (Å²) in [4.78, 5) is 12.1. The fourth-order valence-electron chi connectivity index (χ4n) is 1.78. The maximum absolute atomic E-state index is 12.1. The average Bonchev–Trinajstić information content (AvgIpc) is 2.85. The van der Waals surface area contributed by atoms with Crippen LogP contribution in [0.4, 0.5) is 11.4 Å². The molecule has 0 unspecified atom stereocenters. The lowest BCUT2D eigenvalue weighted by atomic mass is 10.2. The molecule has 1 aromatic carbocycles. The van der Waals surface area contributed by atoms with Gasteiger partial charge in [-0.15, -0.1) is 10.2 Å². The molecule has 94 valence electrons. The lowest BCUT2D eigenvalue weighted by molar-refractivity contribution is 0.102. The van der Waals surface area contributed by atoms with Crippen LogP contribution in [-0.4, -0.2) is 20.5 Å². The lowest BCUT2D eigenvalue weighted by Crippen LogP contribution is -2.12. The molecule has 0 saturated heterocycles. The van der Waals surface area contributed by atoms with Gasteiger partial charge in [0.1, 0.15) is 6.33 Å². The van der Waals surface area contributed by atoms with Crippen molar-refractivity contribution < 1.29 is 4.79 Å². The predicted octanol–water partition coefficient (Wildman–Crippen LogP) is 1.56. The second-order valence-corrected chi connectivity index (χ2v) is 4.09. The first-order valence-electron chi connectivity index (χ1n) is 5.69. The monoisotopic (exact) mass is 253 g/mol. The number of hydrogen-bond acceptors (Lipinski definition) is 4. The van der Waals surface area contributed by atoms with Crippen molar-refractivity contribution in [1.82, 2.24) is 14.6 Å². The van der Waals surface area contributed by atoms with E-state index in [9.17, 15) is 4.79 Å². The SMILES string of the molecule is Nc1cccc(NC(=O)c2ccc3nncn3c2)c1. The van der Waals surface area contributed by atoms with E-state index in [2.05, 4.69) is 15.5 Å². The van der Waals surface area contributed by atoms with Gasteiger partial charge in [-0.1, -0.05) is 6.07 Å². The number of amides is 1. The Balaban J connectivity index is 1.87. The van der Waals surface area contributed by atoms with Crippen LogP contribution in [0.3, 0.4) is 0 Å². The maximum atomic E-state index is 12.1. The Morgan fingerprint density at radius 1 is 1.26 bits per heavy atom. The van der Waals surface area contributed by atoms with Crippen LogP contribution in [-0.2, 0) is 0 Å². The number of aromatic nitrogens is 3. The summed E-state index contributed by atoms with van der Waals surface area (Å²) < 4.78 is 1.69. The molecule has 6 nitrogen and oxygen atoms in total. The molecule has 0 aliphatic rings. The quantitative estimate of drug-likeness (QED) is 0.679. The Morgan fingerprint density at radius 2 is 2.16 bits per heavy atom. The number of hydrogen-bond donors (Lipinski definition) is 2. The van der Waals surface area contributed by atoms with Crippen molar-refractivity contribution in [2.24, 2.45) is 0 Å². The molecule has 0 spiro atoms. The van der Waals surface area contributed by atoms with E-state index in [-0.39, 0.29) is 5.91 Å². The second kappa shape index (κ2) is 4.41. The number of nitrogens with two attached hydrogens (primary N) is 1. The number of carbonyl (C=O) groups is 1. The minimum atomic E-state index is -0.207. The third-order valence-corrected chi connectivity index (χ3v) is 2.70. The molecule has 3 aromatic rings. The number of pyridine rings is 1. The van der Waals surface area contributed by atoms with Crippen LogP contribution in [0.5, 0.6) is 0 Å². The molecule has 3 rings (SSSR count). The van der Waals surface area contributed by atoms with Gasteiger partial charge in [0.05, 0.1) is 5.56 Å². The second-order valence-electron chi connectivity index (χ2n) is 4.09. The Kier molecular flexibility index (Phi) is 2.60. The van der Waals surface area contributed by atoms with E-state index >= 15 is 0 Å². The van der Waals surface area contributed by atoms with Crippen LogP contribution in [0.2, 0.25) is 0 Å². The van der Waals surface area contributed by atoms with E-state index in [4.69, 9.17) is 5.73 Å². The van der Waals surface area contributed by atoms with E-state index in [0.717, 1.165) is 0 Å². The molecule has 0 bridgehead atoms. The van der Waals surface area contributed by atoms with Crippen LogP contribution in [0, 0.1) is 0 Å². The highest BCUT2D eigenvalue weighted by molar-refractivity contribution is 6.04. The van der Waals surface area contributed by atoms with Crippen molar-refractivity contribution in [1.29, 1.82) is 0 Å². The molecule has 1 amide bonds. The number of anilines is 2. The summed E-state index contributed by atoms with van der Waals surface area (Å²) >= 11 is 0. The molecular weight excluding hydrogens is 242 g/mol.